The van der Waals surface area contributed by atoms with Gasteiger partial charge < -0.3 is 4.57 Å². The Kier molecular flexibility index (Phi) is 4.55. The van der Waals surface area contributed by atoms with Crippen LogP contribution >= 0.6 is 11.6 Å². The van der Waals surface area contributed by atoms with Crippen LogP contribution in [0.5, 0.6) is 0 Å². The van der Waals surface area contributed by atoms with Crippen molar-refractivity contribution in [2.24, 2.45) is 4.99 Å². The fraction of sp³-hybridized carbons (Fsp3) is 0.0455. The van der Waals surface area contributed by atoms with Crippen molar-refractivity contribution in [3.05, 3.63) is 101 Å². The van der Waals surface area contributed by atoms with Gasteiger partial charge in [-0.1, -0.05) is 35.9 Å². The minimum atomic E-state index is -0.210. The van der Waals surface area contributed by atoms with Crippen molar-refractivity contribution in [3.63, 3.8) is 0 Å². The average molecular weight is 363 g/mol. The number of hydrogen-bond donors (Lipinski definition) is 0. The molecule has 26 heavy (non-hydrogen) atoms. The zero-order valence-corrected chi connectivity index (χ0v) is 14.7. The SMILES string of the molecule is Fc1cccc(Cn2ccc3cc(C=Nc4cccc(Cl)c4)ccc32)c1. The molecule has 1 heterocycles. The average Bonchev–Trinajstić information content (AvgIpc) is 3.02. The molecular formula is C22H16ClFN2. The summed E-state index contributed by atoms with van der Waals surface area (Å²) in [6, 6.07) is 22.4. The van der Waals surface area contributed by atoms with Gasteiger partial charge >= 0.3 is 0 Å². The van der Waals surface area contributed by atoms with Gasteiger partial charge in [-0.15, -0.1) is 0 Å². The number of halogens is 2. The lowest BCUT2D eigenvalue weighted by atomic mass is 10.1. The molecular weight excluding hydrogens is 347 g/mol. The van der Waals surface area contributed by atoms with Crippen LogP contribution in [0.15, 0.2) is 84.0 Å². The van der Waals surface area contributed by atoms with E-state index in [1.165, 1.54) is 6.07 Å². The Labute approximate surface area is 156 Å². The predicted molar refractivity (Wildman–Crippen MR) is 106 cm³/mol. The lowest BCUT2D eigenvalue weighted by Gasteiger charge is -2.06. The van der Waals surface area contributed by atoms with Crippen LogP contribution in [0.1, 0.15) is 11.1 Å². The van der Waals surface area contributed by atoms with E-state index < -0.39 is 0 Å². The Morgan fingerprint density at radius 3 is 2.69 bits per heavy atom. The third kappa shape index (κ3) is 3.68. The van der Waals surface area contributed by atoms with Gasteiger partial charge in [0.05, 0.1) is 5.69 Å². The largest absolute Gasteiger partial charge is 0.343 e. The lowest BCUT2D eigenvalue weighted by molar-refractivity contribution is 0.624. The van der Waals surface area contributed by atoms with Gasteiger partial charge in [0.25, 0.3) is 0 Å². The Morgan fingerprint density at radius 1 is 0.962 bits per heavy atom. The van der Waals surface area contributed by atoms with E-state index in [-0.39, 0.29) is 5.82 Å². The van der Waals surface area contributed by atoms with E-state index in [0.717, 1.165) is 27.7 Å². The second-order valence-corrected chi connectivity index (χ2v) is 6.57. The molecule has 4 aromatic rings. The normalized spacial score (nSPS) is 11.5. The fourth-order valence-corrected chi connectivity index (χ4v) is 3.16. The van der Waals surface area contributed by atoms with E-state index in [9.17, 15) is 4.39 Å². The molecule has 128 valence electrons. The molecule has 0 bridgehead atoms. The molecule has 0 spiro atoms. The summed E-state index contributed by atoms with van der Waals surface area (Å²) in [5, 5.41) is 1.79. The molecule has 0 saturated heterocycles. The van der Waals surface area contributed by atoms with Crippen LogP contribution in [0.3, 0.4) is 0 Å². The first-order valence-electron chi connectivity index (χ1n) is 8.30. The minimum absolute atomic E-state index is 0.210. The van der Waals surface area contributed by atoms with Crippen molar-refractivity contribution in [1.29, 1.82) is 0 Å². The smallest absolute Gasteiger partial charge is 0.123 e. The number of nitrogens with zero attached hydrogens (tertiary/aromatic N) is 2. The molecule has 0 unspecified atom stereocenters. The lowest BCUT2D eigenvalue weighted by Crippen LogP contribution is -1.98. The first-order valence-corrected chi connectivity index (χ1v) is 8.68. The summed E-state index contributed by atoms with van der Waals surface area (Å²) in [6.07, 6.45) is 3.85. The van der Waals surface area contributed by atoms with Crippen molar-refractivity contribution in [2.75, 3.05) is 0 Å². The summed E-state index contributed by atoms with van der Waals surface area (Å²) < 4.78 is 15.5. The summed E-state index contributed by atoms with van der Waals surface area (Å²) in [6.45, 7) is 0.636. The van der Waals surface area contributed by atoms with Crippen molar-refractivity contribution in [2.45, 2.75) is 6.54 Å². The van der Waals surface area contributed by atoms with Crippen molar-refractivity contribution in [1.82, 2.24) is 4.57 Å². The molecule has 0 aliphatic heterocycles. The molecule has 0 atom stereocenters. The van der Waals surface area contributed by atoms with Crippen molar-refractivity contribution >= 4 is 34.4 Å². The Morgan fingerprint density at radius 2 is 1.85 bits per heavy atom. The number of benzene rings is 3. The van der Waals surface area contributed by atoms with Crippen LogP contribution in [-0.2, 0) is 6.54 Å². The predicted octanol–water partition coefficient (Wildman–Crippen LogP) is 6.23. The molecule has 0 aliphatic carbocycles. The maximum Gasteiger partial charge on any atom is 0.123 e. The minimum Gasteiger partial charge on any atom is -0.343 e. The zero-order valence-electron chi connectivity index (χ0n) is 13.9. The van der Waals surface area contributed by atoms with Crippen LogP contribution in [0.2, 0.25) is 5.02 Å². The zero-order chi connectivity index (χ0) is 17.9. The third-order valence-electron chi connectivity index (χ3n) is 4.21. The third-order valence-corrected chi connectivity index (χ3v) is 4.44. The van der Waals surface area contributed by atoms with Gasteiger partial charge in [-0.05, 0) is 59.7 Å². The van der Waals surface area contributed by atoms with Crippen molar-refractivity contribution < 1.29 is 4.39 Å². The number of aliphatic imine (C=N–C) groups is 1. The van der Waals surface area contributed by atoms with Gasteiger partial charge in [0.2, 0.25) is 0 Å². The molecule has 0 amide bonds. The van der Waals surface area contributed by atoms with Gasteiger partial charge in [0.1, 0.15) is 5.82 Å². The number of hydrogen-bond acceptors (Lipinski definition) is 1. The van der Waals surface area contributed by atoms with E-state index >= 15 is 0 Å². The van der Waals surface area contributed by atoms with Crippen LogP contribution < -0.4 is 0 Å². The molecule has 3 aromatic carbocycles. The number of fused-ring (bicyclic) bond motifs is 1. The summed E-state index contributed by atoms with van der Waals surface area (Å²) in [4.78, 5) is 4.47. The maximum atomic E-state index is 13.4. The highest BCUT2D eigenvalue weighted by Gasteiger charge is 2.03. The van der Waals surface area contributed by atoms with Gasteiger partial charge in [0.15, 0.2) is 0 Å². The highest BCUT2D eigenvalue weighted by Crippen LogP contribution is 2.21. The molecule has 0 N–H and O–H groups in total. The molecule has 0 radical (unpaired) electrons. The summed E-state index contributed by atoms with van der Waals surface area (Å²) >= 11 is 5.98. The number of aromatic nitrogens is 1. The Hall–Kier alpha value is -2.91. The van der Waals surface area contributed by atoms with E-state index in [1.807, 2.05) is 48.8 Å². The van der Waals surface area contributed by atoms with Crippen LogP contribution in [-0.4, -0.2) is 10.8 Å². The second-order valence-electron chi connectivity index (χ2n) is 6.13. The molecule has 0 aliphatic rings. The maximum absolute atomic E-state index is 13.4. The van der Waals surface area contributed by atoms with E-state index in [2.05, 4.69) is 27.8 Å². The Bertz CT molecular complexity index is 1100. The van der Waals surface area contributed by atoms with E-state index in [0.29, 0.717) is 11.6 Å². The molecule has 0 fully saturated rings. The highest BCUT2D eigenvalue weighted by molar-refractivity contribution is 6.30. The molecule has 4 rings (SSSR count). The first-order chi connectivity index (χ1) is 12.7. The first kappa shape index (κ1) is 16.6. The van der Waals surface area contributed by atoms with Gasteiger partial charge in [0, 0.05) is 34.9 Å². The topological polar surface area (TPSA) is 17.3 Å². The molecule has 1 aromatic heterocycles. The second kappa shape index (κ2) is 7.14. The van der Waals surface area contributed by atoms with Gasteiger partial charge in [-0.25, -0.2) is 4.39 Å². The quantitative estimate of drug-likeness (QED) is 0.383. The van der Waals surface area contributed by atoms with Gasteiger partial charge in [-0.2, -0.15) is 0 Å². The molecule has 2 nitrogen and oxygen atoms in total. The Balaban J connectivity index is 1.59. The highest BCUT2D eigenvalue weighted by atomic mass is 35.5. The van der Waals surface area contributed by atoms with Crippen molar-refractivity contribution in [3.8, 4) is 0 Å². The number of rotatable bonds is 4. The summed E-state index contributed by atoms with van der Waals surface area (Å²) in [7, 11) is 0. The monoisotopic (exact) mass is 362 g/mol. The van der Waals surface area contributed by atoms with Crippen LogP contribution in [0.4, 0.5) is 10.1 Å². The van der Waals surface area contributed by atoms with E-state index in [4.69, 9.17) is 11.6 Å². The summed E-state index contributed by atoms with van der Waals surface area (Å²) in [5.41, 5.74) is 3.88. The summed E-state index contributed by atoms with van der Waals surface area (Å²) in [5.74, 6) is -0.210. The van der Waals surface area contributed by atoms with Gasteiger partial charge in [-0.3, -0.25) is 4.99 Å². The molecule has 4 heteroatoms. The fourth-order valence-electron chi connectivity index (χ4n) is 2.97. The van der Waals surface area contributed by atoms with E-state index in [1.54, 1.807) is 12.1 Å². The standard InChI is InChI=1S/C22H16ClFN2/c23-19-4-2-6-21(13-19)25-14-16-7-8-22-18(11-16)9-10-26(22)15-17-3-1-5-20(24)12-17/h1-14H,15H2. The van der Waals surface area contributed by atoms with Crippen LogP contribution in [0, 0.1) is 5.82 Å². The van der Waals surface area contributed by atoms with Crippen LogP contribution in [0.25, 0.3) is 10.9 Å². The molecule has 0 saturated carbocycles.